The van der Waals surface area contributed by atoms with Crippen molar-refractivity contribution in [1.29, 1.82) is 0 Å². The Morgan fingerprint density at radius 2 is 1.88 bits per heavy atom. The van der Waals surface area contributed by atoms with Crippen LogP contribution in [0.1, 0.15) is 25.0 Å². The molecule has 6 nitrogen and oxygen atoms in total. The number of fused-ring (bicyclic) bond motifs is 1. The summed E-state index contributed by atoms with van der Waals surface area (Å²) in [6.07, 6.45) is 4.09. The summed E-state index contributed by atoms with van der Waals surface area (Å²) in [5, 5.41) is 3.30. The molecule has 3 aromatic rings. The molecular weight excluding hydrogens is 440 g/mol. The standard InChI is InChI=1S/C24H24N4O2S2/c1-16(2)15-28-23(30)19(32-24(28)31)14-18-21(25-12-11-17-8-4-3-5-9-17)26-20-10-6-7-13-27(20)22(18)29/h3-10,13-14,16,25H,11-12,15H2,1-2H3/b19-14-. The summed E-state index contributed by atoms with van der Waals surface area (Å²) in [7, 11) is 0. The number of hydrogen-bond acceptors (Lipinski definition) is 6. The van der Waals surface area contributed by atoms with Crippen molar-refractivity contribution in [2.24, 2.45) is 5.92 Å². The fraction of sp³-hybridized carbons (Fsp3) is 0.250. The summed E-state index contributed by atoms with van der Waals surface area (Å²) in [4.78, 5) is 32.9. The number of carbonyl (C=O) groups excluding carboxylic acids is 1. The van der Waals surface area contributed by atoms with E-state index in [2.05, 4.69) is 22.4 Å². The molecule has 1 aliphatic rings. The highest BCUT2D eigenvalue weighted by Crippen LogP contribution is 2.33. The largest absolute Gasteiger partial charge is 0.369 e. The lowest BCUT2D eigenvalue weighted by atomic mass is 10.1. The molecule has 8 heteroatoms. The number of benzene rings is 1. The van der Waals surface area contributed by atoms with Crippen molar-refractivity contribution in [3.63, 3.8) is 0 Å². The van der Waals surface area contributed by atoms with Gasteiger partial charge in [0.2, 0.25) is 0 Å². The Kier molecular flexibility index (Phi) is 6.72. The van der Waals surface area contributed by atoms with Gasteiger partial charge in [-0.25, -0.2) is 4.98 Å². The van der Waals surface area contributed by atoms with Crippen LogP contribution >= 0.6 is 24.0 Å². The Bertz CT molecular complexity index is 1250. The highest BCUT2D eigenvalue weighted by atomic mass is 32.2. The van der Waals surface area contributed by atoms with Crippen molar-refractivity contribution in [1.82, 2.24) is 14.3 Å². The van der Waals surface area contributed by atoms with Gasteiger partial charge in [0.05, 0.1) is 10.5 Å². The third-order valence-corrected chi connectivity index (χ3v) is 6.39. The number of anilines is 1. The van der Waals surface area contributed by atoms with Gasteiger partial charge in [0.25, 0.3) is 11.5 Å². The number of pyridine rings is 1. The van der Waals surface area contributed by atoms with Crippen LogP contribution in [0.2, 0.25) is 0 Å². The predicted molar refractivity (Wildman–Crippen MR) is 135 cm³/mol. The number of rotatable bonds is 7. The molecule has 0 bridgehead atoms. The zero-order valence-electron chi connectivity index (χ0n) is 17.9. The summed E-state index contributed by atoms with van der Waals surface area (Å²) in [6.45, 7) is 5.24. The van der Waals surface area contributed by atoms with Crippen molar-refractivity contribution in [3.8, 4) is 0 Å². The van der Waals surface area contributed by atoms with Gasteiger partial charge in [0, 0.05) is 19.3 Å². The van der Waals surface area contributed by atoms with E-state index < -0.39 is 0 Å². The van der Waals surface area contributed by atoms with Gasteiger partial charge in [-0.1, -0.05) is 74.2 Å². The first-order chi connectivity index (χ1) is 15.4. The van der Waals surface area contributed by atoms with Crippen molar-refractivity contribution < 1.29 is 4.79 Å². The van der Waals surface area contributed by atoms with Gasteiger partial charge in [0.15, 0.2) is 0 Å². The number of thiocarbonyl (C=S) groups is 1. The van der Waals surface area contributed by atoms with Gasteiger partial charge in [-0.3, -0.25) is 18.9 Å². The van der Waals surface area contributed by atoms with Crippen LogP contribution in [0.4, 0.5) is 5.82 Å². The molecule has 4 rings (SSSR count). The monoisotopic (exact) mass is 464 g/mol. The molecule has 1 aliphatic heterocycles. The van der Waals surface area contributed by atoms with E-state index >= 15 is 0 Å². The maximum Gasteiger partial charge on any atom is 0.267 e. The number of hydrogen-bond donors (Lipinski definition) is 1. The van der Waals surface area contributed by atoms with Gasteiger partial charge in [-0.2, -0.15) is 0 Å². The topological polar surface area (TPSA) is 66.7 Å². The van der Waals surface area contributed by atoms with E-state index in [-0.39, 0.29) is 11.5 Å². The smallest absolute Gasteiger partial charge is 0.267 e. The van der Waals surface area contributed by atoms with Crippen LogP contribution < -0.4 is 10.9 Å². The summed E-state index contributed by atoms with van der Waals surface area (Å²) < 4.78 is 2.01. The molecule has 3 heterocycles. The van der Waals surface area contributed by atoms with Crippen LogP contribution in [-0.2, 0) is 11.2 Å². The summed E-state index contributed by atoms with van der Waals surface area (Å²) in [6, 6.07) is 15.5. The molecule has 164 valence electrons. The van der Waals surface area contributed by atoms with Crippen molar-refractivity contribution in [2.45, 2.75) is 20.3 Å². The second-order valence-corrected chi connectivity index (χ2v) is 9.63. The minimum Gasteiger partial charge on any atom is -0.369 e. The van der Waals surface area contributed by atoms with E-state index in [1.165, 1.54) is 21.7 Å². The number of aromatic nitrogens is 2. The Labute approximate surface area is 196 Å². The van der Waals surface area contributed by atoms with E-state index in [9.17, 15) is 9.59 Å². The van der Waals surface area contributed by atoms with Gasteiger partial charge in [-0.05, 0) is 36.1 Å². The maximum atomic E-state index is 13.3. The van der Waals surface area contributed by atoms with E-state index in [4.69, 9.17) is 12.2 Å². The normalized spacial score (nSPS) is 15.3. The molecule has 0 saturated carbocycles. The van der Waals surface area contributed by atoms with Crippen LogP contribution in [0.15, 0.2) is 64.4 Å². The molecule has 1 fully saturated rings. The van der Waals surface area contributed by atoms with Gasteiger partial charge >= 0.3 is 0 Å². The Balaban J connectivity index is 1.69. The van der Waals surface area contributed by atoms with Crippen molar-refractivity contribution in [2.75, 3.05) is 18.4 Å². The first-order valence-electron chi connectivity index (χ1n) is 10.5. The third-order valence-electron chi connectivity index (χ3n) is 5.01. The lowest BCUT2D eigenvalue weighted by Gasteiger charge is -2.16. The average molecular weight is 465 g/mol. The van der Waals surface area contributed by atoms with Crippen LogP contribution in [0.5, 0.6) is 0 Å². The first kappa shape index (κ1) is 22.2. The van der Waals surface area contributed by atoms with E-state index in [1.807, 2.05) is 38.1 Å². The summed E-state index contributed by atoms with van der Waals surface area (Å²) >= 11 is 6.64. The molecule has 0 radical (unpaired) electrons. The molecule has 1 amide bonds. The van der Waals surface area contributed by atoms with E-state index in [0.29, 0.717) is 45.3 Å². The highest BCUT2D eigenvalue weighted by molar-refractivity contribution is 8.26. The van der Waals surface area contributed by atoms with Crippen molar-refractivity contribution >= 4 is 51.7 Å². The molecule has 0 unspecified atom stereocenters. The second-order valence-electron chi connectivity index (χ2n) is 7.96. The molecule has 1 aromatic carbocycles. The van der Waals surface area contributed by atoms with Crippen LogP contribution in [0, 0.1) is 5.92 Å². The molecule has 0 spiro atoms. The third kappa shape index (κ3) is 4.76. The SMILES string of the molecule is CC(C)CN1C(=O)/C(=C/c2c(NCCc3ccccc3)nc3ccccn3c2=O)SC1=S. The number of thioether (sulfide) groups is 1. The predicted octanol–water partition coefficient (Wildman–Crippen LogP) is 4.21. The minimum absolute atomic E-state index is 0.165. The van der Waals surface area contributed by atoms with E-state index in [0.717, 1.165) is 6.42 Å². The van der Waals surface area contributed by atoms with Crippen LogP contribution in [0.3, 0.4) is 0 Å². The molecule has 0 atom stereocenters. The Morgan fingerprint density at radius 1 is 1.12 bits per heavy atom. The lowest BCUT2D eigenvalue weighted by Crippen LogP contribution is -2.31. The molecule has 32 heavy (non-hydrogen) atoms. The Morgan fingerprint density at radius 3 is 2.62 bits per heavy atom. The molecule has 2 aromatic heterocycles. The summed E-state index contributed by atoms with van der Waals surface area (Å²) in [5.41, 5.74) is 1.86. The molecular formula is C24H24N4O2S2. The van der Waals surface area contributed by atoms with Crippen LogP contribution in [0.25, 0.3) is 11.7 Å². The van der Waals surface area contributed by atoms with Gasteiger partial charge in [-0.15, -0.1) is 0 Å². The van der Waals surface area contributed by atoms with Gasteiger partial charge < -0.3 is 5.32 Å². The average Bonchev–Trinajstić information content (AvgIpc) is 3.04. The quantitative estimate of drug-likeness (QED) is 0.417. The van der Waals surface area contributed by atoms with Crippen LogP contribution in [-0.4, -0.2) is 37.6 Å². The summed E-state index contributed by atoms with van der Waals surface area (Å²) in [5.74, 6) is 0.591. The number of carbonyl (C=O) groups is 1. The second kappa shape index (κ2) is 9.67. The van der Waals surface area contributed by atoms with Gasteiger partial charge in [0.1, 0.15) is 15.8 Å². The number of amides is 1. The highest BCUT2D eigenvalue weighted by Gasteiger charge is 2.32. The van der Waals surface area contributed by atoms with Crippen molar-refractivity contribution in [3.05, 3.63) is 81.1 Å². The fourth-order valence-corrected chi connectivity index (χ4v) is 4.75. The first-order valence-corrected chi connectivity index (χ1v) is 11.7. The minimum atomic E-state index is -0.230. The lowest BCUT2D eigenvalue weighted by molar-refractivity contribution is -0.122. The maximum absolute atomic E-state index is 13.3. The molecule has 1 saturated heterocycles. The molecule has 0 aliphatic carbocycles. The zero-order chi connectivity index (χ0) is 22.7. The number of nitrogens with one attached hydrogen (secondary N) is 1. The number of nitrogens with zero attached hydrogens (tertiary/aromatic N) is 3. The van der Waals surface area contributed by atoms with E-state index in [1.54, 1.807) is 29.3 Å². The fourth-order valence-electron chi connectivity index (χ4n) is 3.49. The molecule has 1 N–H and O–H groups in total. The Hall–Kier alpha value is -2.97. The zero-order valence-corrected chi connectivity index (χ0v) is 19.6.